The molecule has 2 fully saturated rings. The summed E-state index contributed by atoms with van der Waals surface area (Å²) in [6.07, 6.45) is 6.18. The van der Waals surface area contributed by atoms with Gasteiger partial charge in [-0.2, -0.15) is 0 Å². The Morgan fingerprint density at radius 3 is 1.45 bits per heavy atom. The fourth-order valence-electron chi connectivity index (χ4n) is 2.15. The molecule has 120 valence electrons. The lowest BCUT2D eigenvalue weighted by Crippen LogP contribution is -2.17. The topological polar surface area (TPSA) is 36.9 Å². The fourth-order valence-corrected chi connectivity index (χ4v) is 2.15. The molecule has 2 aliphatic heterocycles. The highest BCUT2D eigenvalue weighted by atomic mass is 16.5. The van der Waals surface area contributed by atoms with Crippen molar-refractivity contribution in [3.63, 3.8) is 0 Å². The molecule has 0 saturated carbocycles. The van der Waals surface area contributed by atoms with Crippen molar-refractivity contribution in [1.82, 2.24) is 0 Å². The summed E-state index contributed by atoms with van der Waals surface area (Å²) < 4.78 is 21.6. The van der Waals surface area contributed by atoms with Gasteiger partial charge in [-0.15, -0.1) is 0 Å². The zero-order valence-corrected chi connectivity index (χ0v) is 13.6. The molecule has 2 aliphatic rings. The minimum Gasteiger partial charge on any atom is -0.376 e. The van der Waals surface area contributed by atoms with Gasteiger partial charge in [0.05, 0.1) is 37.6 Å². The molecule has 2 saturated heterocycles. The number of rotatable bonds is 6. The Balaban J connectivity index is 0.000000200. The van der Waals surface area contributed by atoms with Crippen LogP contribution in [-0.2, 0) is 18.9 Å². The number of hydrogen-bond donors (Lipinski definition) is 0. The van der Waals surface area contributed by atoms with Gasteiger partial charge in [0.1, 0.15) is 0 Å². The van der Waals surface area contributed by atoms with Crippen molar-refractivity contribution in [2.45, 2.75) is 77.8 Å². The van der Waals surface area contributed by atoms with Crippen LogP contribution in [0.1, 0.15) is 53.4 Å². The molecule has 2 rings (SSSR count). The van der Waals surface area contributed by atoms with E-state index in [1.54, 1.807) is 0 Å². The quantitative estimate of drug-likeness (QED) is 0.752. The summed E-state index contributed by atoms with van der Waals surface area (Å²) in [5.41, 5.74) is 0. The maximum atomic E-state index is 5.40. The molecule has 2 atom stereocenters. The standard InChI is InChI=1S/2C8H16O2/c2*1-7(2)10-6-8-4-3-5-9-8/h2*7-8H,3-6H2,1-2H3. The molecule has 4 heteroatoms. The van der Waals surface area contributed by atoms with E-state index in [0.29, 0.717) is 24.4 Å². The lowest BCUT2D eigenvalue weighted by atomic mass is 10.2. The van der Waals surface area contributed by atoms with Gasteiger partial charge in [0, 0.05) is 13.2 Å². The van der Waals surface area contributed by atoms with E-state index in [2.05, 4.69) is 27.7 Å². The summed E-state index contributed by atoms with van der Waals surface area (Å²) in [4.78, 5) is 0. The van der Waals surface area contributed by atoms with Crippen LogP contribution >= 0.6 is 0 Å². The third kappa shape index (κ3) is 8.90. The molecule has 0 bridgehead atoms. The monoisotopic (exact) mass is 288 g/mol. The van der Waals surface area contributed by atoms with E-state index in [1.807, 2.05) is 0 Å². The maximum Gasteiger partial charge on any atom is 0.0809 e. The molecule has 0 radical (unpaired) electrons. The van der Waals surface area contributed by atoms with Gasteiger partial charge < -0.3 is 18.9 Å². The first-order valence-electron chi connectivity index (χ1n) is 8.04. The van der Waals surface area contributed by atoms with Crippen molar-refractivity contribution in [2.75, 3.05) is 26.4 Å². The first-order chi connectivity index (χ1) is 9.58. The number of hydrogen-bond acceptors (Lipinski definition) is 4. The molecule has 0 aliphatic carbocycles. The van der Waals surface area contributed by atoms with Crippen LogP contribution in [0.2, 0.25) is 0 Å². The minimum atomic E-state index is 0.337. The van der Waals surface area contributed by atoms with E-state index in [4.69, 9.17) is 18.9 Å². The van der Waals surface area contributed by atoms with Gasteiger partial charge in [-0.3, -0.25) is 0 Å². The summed E-state index contributed by atoms with van der Waals surface area (Å²) in [5, 5.41) is 0. The van der Waals surface area contributed by atoms with Crippen LogP contribution < -0.4 is 0 Å². The smallest absolute Gasteiger partial charge is 0.0809 e. The Morgan fingerprint density at radius 2 is 1.20 bits per heavy atom. The van der Waals surface area contributed by atoms with Crippen LogP contribution in [0.15, 0.2) is 0 Å². The first-order valence-corrected chi connectivity index (χ1v) is 8.04. The van der Waals surface area contributed by atoms with Crippen molar-refractivity contribution in [3.05, 3.63) is 0 Å². The molecular formula is C16H32O4. The average Bonchev–Trinajstić information content (AvgIpc) is 3.08. The zero-order valence-electron chi connectivity index (χ0n) is 13.6. The Labute approximate surface area is 124 Å². The zero-order chi connectivity index (χ0) is 14.8. The third-order valence-corrected chi connectivity index (χ3v) is 3.28. The van der Waals surface area contributed by atoms with Crippen molar-refractivity contribution in [3.8, 4) is 0 Å². The summed E-state index contributed by atoms with van der Waals surface area (Å²) in [5.74, 6) is 0. The van der Waals surface area contributed by atoms with Gasteiger partial charge in [0.25, 0.3) is 0 Å². The lowest BCUT2D eigenvalue weighted by Gasteiger charge is -2.11. The molecule has 2 heterocycles. The van der Waals surface area contributed by atoms with Crippen LogP contribution in [0.25, 0.3) is 0 Å². The molecule has 0 aromatic carbocycles. The van der Waals surface area contributed by atoms with E-state index >= 15 is 0 Å². The summed E-state index contributed by atoms with van der Waals surface area (Å²) in [6.45, 7) is 11.6. The van der Waals surface area contributed by atoms with Gasteiger partial charge >= 0.3 is 0 Å². The summed E-state index contributed by atoms with van der Waals surface area (Å²) >= 11 is 0. The van der Waals surface area contributed by atoms with E-state index < -0.39 is 0 Å². The molecule has 0 aromatic rings. The highest BCUT2D eigenvalue weighted by Gasteiger charge is 2.16. The Morgan fingerprint density at radius 1 is 0.800 bits per heavy atom. The maximum absolute atomic E-state index is 5.40. The van der Waals surface area contributed by atoms with Gasteiger partial charge in [-0.1, -0.05) is 0 Å². The van der Waals surface area contributed by atoms with E-state index in [1.165, 1.54) is 25.7 Å². The molecule has 0 spiro atoms. The molecule has 20 heavy (non-hydrogen) atoms. The van der Waals surface area contributed by atoms with Crippen LogP contribution in [0.5, 0.6) is 0 Å². The highest BCUT2D eigenvalue weighted by Crippen LogP contribution is 2.13. The molecule has 4 nitrogen and oxygen atoms in total. The molecule has 0 aromatic heterocycles. The highest BCUT2D eigenvalue weighted by molar-refractivity contribution is 4.64. The molecule has 2 unspecified atom stereocenters. The van der Waals surface area contributed by atoms with E-state index in [0.717, 1.165) is 26.4 Å². The van der Waals surface area contributed by atoms with Gasteiger partial charge in [0.15, 0.2) is 0 Å². The lowest BCUT2D eigenvalue weighted by molar-refractivity contribution is -0.00762. The average molecular weight is 288 g/mol. The van der Waals surface area contributed by atoms with Crippen LogP contribution in [-0.4, -0.2) is 50.8 Å². The van der Waals surface area contributed by atoms with Crippen LogP contribution in [0, 0.1) is 0 Å². The van der Waals surface area contributed by atoms with E-state index in [-0.39, 0.29) is 0 Å². The van der Waals surface area contributed by atoms with Gasteiger partial charge in [0.2, 0.25) is 0 Å². The van der Waals surface area contributed by atoms with Crippen molar-refractivity contribution >= 4 is 0 Å². The van der Waals surface area contributed by atoms with Gasteiger partial charge in [-0.25, -0.2) is 0 Å². The molecular weight excluding hydrogens is 256 g/mol. The van der Waals surface area contributed by atoms with Crippen LogP contribution in [0.3, 0.4) is 0 Å². The second kappa shape index (κ2) is 10.6. The first kappa shape index (κ1) is 17.9. The molecule has 0 N–H and O–H groups in total. The second-order valence-corrected chi connectivity index (χ2v) is 6.03. The summed E-state index contributed by atoms with van der Waals surface area (Å²) in [6, 6.07) is 0. The Bertz CT molecular complexity index is 195. The molecule has 0 amide bonds. The van der Waals surface area contributed by atoms with Crippen molar-refractivity contribution in [1.29, 1.82) is 0 Å². The van der Waals surface area contributed by atoms with Gasteiger partial charge in [-0.05, 0) is 53.4 Å². The Kier molecular flexibility index (Phi) is 9.44. The number of ether oxygens (including phenoxy) is 4. The van der Waals surface area contributed by atoms with Crippen LogP contribution in [0.4, 0.5) is 0 Å². The SMILES string of the molecule is CC(C)OCC1CCCO1.CC(C)OCC1CCCO1. The minimum absolute atomic E-state index is 0.337. The van der Waals surface area contributed by atoms with E-state index in [9.17, 15) is 0 Å². The van der Waals surface area contributed by atoms with Crippen molar-refractivity contribution < 1.29 is 18.9 Å². The normalized spacial score (nSPS) is 26.1. The second-order valence-electron chi connectivity index (χ2n) is 6.03. The predicted molar refractivity (Wildman–Crippen MR) is 80.1 cm³/mol. The predicted octanol–water partition coefficient (Wildman–Crippen LogP) is 3.18. The summed E-state index contributed by atoms with van der Waals surface area (Å²) in [7, 11) is 0. The Hall–Kier alpha value is -0.160. The fraction of sp³-hybridized carbons (Fsp3) is 1.00. The third-order valence-electron chi connectivity index (χ3n) is 3.28. The largest absolute Gasteiger partial charge is 0.376 e. The van der Waals surface area contributed by atoms with Crippen molar-refractivity contribution in [2.24, 2.45) is 0 Å².